The molecule has 7 nitrogen and oxygen atoms in total. The second-order valence-electron chi connectivity index (χ2n) is 10.3. The predicted molar refractivity (Wildman–Crippen MR) is 138 cm³/mol. The summed E-state index contributed by atoms with van der Waals surface area (Å²) in [5.74, 6) is 2.67. The van der Waals surface area contributed by atoms with Crippen molar-refractivity contribution >= 4 is 17.4 Å². The quantitative estimate of drug-likeness (QED) is 0.682. The van der Waals surface area contributed by atoms with E-state index in [1.165, 1.54) is 32.5 Å². The van der Waals surface area contributed by atoms with Gasteiger partial charge in [0, 0.05) is 83.4 Å². The molecule has 0 radical (unpaired) electrons. The summed E-state index contributed by atoms with van der Waals surface area (Å²) >= 11 is 0. The van der Waals surface area contributed by atoms with Crippen molar-refractivity contribution in [1.82, 2.24) is 20.1 Å². The maximum absolute atomic E-state index is 12.7. The fourth-order valence-electron chi connectivity index (χ4n) is 5.92. The Kier molecular flexibility index (Phi) is 7.02. The molecule has 5 heterocycles. The fourth-order valence-corrected chi connectivity index (χ4v) is 5.92. The fraction of sp³-hybridized carbons (Fsp3) is 0.556. The Morgan fingerprint density at radius 3 is 2.50 bits per heavy atom. The average molecular weight is 463 g/mol. The average Bonchev–Trinajstić information content (AvgIpc) is 2.89. The number of carbonyl (C=O) groups excluding carboxylic acids is 1. The van der Waals surface area contributed by atoms with Crippen molar-refractivity contribution in [3.05, 3.63) is 54.2 Å². The molecule has 1 aromatic carbocycles. The molecule has 0 spiro atoms. The van der Waals surface area contributed by atoms with Gasteiger partial charge in [0.1, 0.15) is 5.82 Å². The second-order valence-corrected chi connectivity index (χ2v) is 10.3. The van der Waals surface area contributed by atoms with E-state index < -0.39 is 0 Å². The van der Waals surface area contributed by atoms with E-state index in [-0.39, 0.29) is 5.91 Å². The molecule has 1 unspecified atom stereocenters. The van der Waals surface area contributed by atoms with Gasteiger partial charge in [-0.3, -0.25) is 14.6 Å². The van der Waals surface area contributed by atoms with Crippen LogP contribution >= 0.6 is 0 Å². The van der Waals surface area contributed by atoms with Crippen molar-refractivity contribution in [2.45, 2.75) is 18.9 Å². The molecule has 4 atom stereocenters. The molecule has 4 aliphatic heterocycles. The van der Waals surface area contributed by atoms with Crippen LogP contribution in [0.25, 0.3) is 0 Å². The van der Waals surface area contributed by atoms with Gasteiger partial charge in [0.05, 0.1) is 0 Å². The highest BCUT2D eigenvalue weighted by atomic mass is 16.1. The van der Waals surface area contributed by atoms with Gasteiger partial charge in [-0.05, 0) is 67.6 Å². The molecule has 6 rings (SSSR count). The molecular weight excluding hydrogens is 424 g/mol. The first-order valence-corrected chi connectivity index (χ1v) is 12.7. The van der Waals surface area contributed by atoms with E-state index in [1.807, 2.05) is 55.5 Å². The van der Waals surface area contributed by atoms with Gasteiger partial charge in [0.15, 0.2) is 0 Å². The van der Waals surface area contributed by atoms with Crippen molar-refractivity contribution in [3.63, 3.8) is 0 Å². The number of anilines is 2. The molecule has 2 aromatic rings. The minimum absolute atomic E-state index is 0.0373. The predicted octanol–water partition coefficient (Wildman–Crippen LogP) is 2.41. The molecular formula is C27H38N6O. The molecule has 2 bridgehead atoms. The highest BCUT2D eigenvalue weighted by Crippen LogP contribution is 2.36. The van der Waals surface area contributed by atoms with Gasteiger partial charge < -0.3 is 15.1 Å². The van der Waals surface area contributed by atoms with Crippen molar-refractivity contribution < 1.29 is 4.79 Å². The van der Waals surface area contributed by atoms with E-state index in [9.17, 15) is 4.79 Å². The molecule has 4 fully saturated rings. The zero-order valence-electron chi connectivity index (χ0n) is 20.6. The van der Waals surface area contributed by atoms with Crippen molar-refractivity contribution in [2.24, 2.45) is 11.8 Å². The lowest BCUT2D eigenvalue weighted by Gasteiger charge is -2.51. The highest BCUT2D eigenvalue weighted by molar-refractivity contribution is 5.94. The molecule has 0 saturated carbocycles. The summed E-state index contributed by atoms with van der Waals surface area (Å²) in [4.78, 5) is 26.9. The van der Waals surface area contributed by atoms with Crippen LogP contribution in [0.5, 0.6) is 0 Å². The smallest absolute Gasteiger partial charge is 0.251 e. The van der Waals surface area contributed by atoms with E-state index in [1.54, 1.807) is 0 Å². The zero-order valence-corrected chi connectivity index (χ0v) is 20.6. The minimum atomic E-state index is 0.0373. The number of carbonyl (C=O) groups is 1. The van der Waals surface area contributed by atoms with Crippen LogP contribution in [-0.2, 0) is 0 Å². The van der Waals surface area contributed by atoms with Crippen LogP contribution in [0.15, 0.2) is 48.7 Å². The van der Waals surface area contributed by atoms with Crippen molar-refractivity contribution in [3.8, 4) is 0 Å². The molecule has 34 heavy (non-hydrogen) atoms. The van der Waals surface area contributed by atoms with Crippen molar-refractivity contribution in [2.75, 3.05) is 76.3 Å². The lowest BCUT2D eigenvalue weighted by molar-refractivity contribution is -0.0120. The van der Waals surface area contributed by atoms with Crippen LogP contribution in [0.1, 0.15) is 23.2 Å². The highest BCUT2D eigenvalue weighted by Gasteiger charge is 2.40. The normalized spacial score (nSPS) is 26.9. The number of pyridine rings is 1. The molecule has 1 aromatic heterocycles. The standard InChI is InChI=1S/C27H38N6O/c1-30(2)24-8-6-21(7-9-24)27(34)29-18-25-17-22-10-12-33(25)20-23(22)19-31-13-15-32(16-14-31)26-5-3-4-11-28-26/h3-9,11,22-23,25H,10,12-20H2,1-2H3,(H,29,34)/t22-,23+,25+/m1/s1. The van der Waals surface area contributed by atoms with Crippen LogP contribution in [0.4, 0.5) is 11.5 Å². The van der Waals surface area contributed by atoms with Gasteiger partial charge >= 0.3 is 0 Å². The monoisotopic (exact) mass is 462 g/mol. The number of hydrogen-bond acceptors (Lipinski definition) is 6. The Morgan fingerprint density at radius 1 is 1.06 bits per heavy atom. The zero-order chi connectivity index (χ0) is 23.5. The molecule has 0 aliphatic carbocycles. The van der Waals surface area contributed by atoms with Crippen molar-refractivity contribution in [1.29, 1.82) is 0 Å². The summed E-state index contributed by atoms with van der Waals surface area (Å²) < 4.78 is 0. The van der Waals surface area contributed by atoms with Gasteiger partial charge in [-0.1, -0.05) is 6.07 Å². The largest absolute Gasteiger partial charge is 0.378 e. The molecule has 1 amide bonds. The number of amides is 1. The van der Waals surface area contributed by atoms with E-state index in [2.05, 4.69) is 37.1 Å². The first-order valence-electron chi connectivity index (χ1n) is 12.7. The molecule has 4 aliphatic rings. The Labute approximate surface area is 203 Å². The van der Waals surface area contributed by atoms with Crippen LogP contribution in [-0.4, -0.2) is 93.2 Å². The number of aromatic nitrogens is 1. The molecule has 182 valence electrons. The van der Waals surface area contributed by atoms with Gasteiger partial charge in [-0.2, -0.15) is 0 Å². The number of benzene rings is 1. The number of piperazine rings is 1. The lowest BCUT2D eigenvalue weighted by atomic mass is 9.75. The van der Waals surface area contributed by atoms with E-state index >= 15 is 0 Å². The molecule has 1 N–H and O–H groups in total. The third kappa shape index (κ3) is 5.20. The molecule has 4 saturated heterocycles. The summed E-state index contributed by atoms with van der Waals surface area (Å²) in [6, 6.07) is 14.5. The Morgan fingerprint density at radius 2 is 1.85 bits per heavy atom. The summed E-state index contributed by atoms with van der Waals surface area (Å²) in [6.07, 6.45) is 4.39. The Balaban J connectivity index is 1.08. The number of piperidine rings is 3. The summed E-state index contributed by atoms with van der Waals surface area (Å²) in [5.41, 5.74) is 1.85. The Bertz CT molecular complexity index is 941. The van der Waals surface area contributed by atoms with E-state index in [4.69, 9.17) is 0 Å². The summed E-state index contributed by atoms with van der Waals surface area (Å²) in [6.45, 7) is 8.65. The van der Waals surface area contributed by atoms with Crippen LogP contribution < -0.4 is 15.1 Å². The maximum atomic E-state index is 12.7. The first-order chi connectivity index (χ1) is 16.6. The third-order valence-electron chi connectivity index (χ3n) is 8.00. The summed E-state index contributed by atoms with van der Waals surface area (Å²) in [5, 5.41) is 3.20. The van der Waals surface area contributed by atoms with E-state index in [0.29, 0.717) is 6.04 Å². The minimum Gasteiger partial charge on any atom is -0.378 e. The van der Waals surface area contributed by atoms with Crippen LogP contribution in [0.2, 0.25) is 0 Å². The topological polar surface area (TPSA) is 55.0 Å². The number of nitrogens with one attached hydrogen (secondary N) is 1. The third-order valence-corrected chi connectivity index (χ3v) is 8.00. The number of rotatable bonds is 7. The number of fused-ring (bicyclic) bond motifs is 3. The van der Waals surface area contributed by atoms with Gasteiger partial charge in [0.25, 0.3) is 5.91 Å². The van der Waals surface area contributed by atoms with Gasteiger partial charge in [-0.25, -0.2) is 4.98 Å². The van der Waals surface area contributed by atoms with Crippen LogP contribution in [0.3, 0.4) is 0 Å². The van der Waals surface area contributed by atoms with Gasteiger partial charge in [0.2, 0.25) is 0 Å². The number of nitrogens with zero attached hydrogens (tertiary/aromatic N) is 5. The number of hydrogen-bond donors (Lipinski definition) is 1. The SMILES string of the molecule is CN(C)c1ccc(C(=O)NC[C@@H]2C[C@H]3CCN2C[C@@H]3CN2CCN(c3ccccn3)CC2)cc1. The first kappa shape index (κ1) is 23.1. The van der Waals surface area contributed by atoms with Gasteiger partial charge in [-0.15, -0.1) is 0 Å². The van der Waals surface area contributed by atoms with E-state index in [0.717, 1.165) is 61.6 Å². The Hall–Kier alpha value is -2.64. The lowest BCUT2D eigenvalue weighted by Crippen LogP contribution is -2.59. The molecule has 7 heteroatoms. The second kappa shape index (κ2) is 10.3. The van der Waals surface area contributed by atoms with Crippen LogP contribution in [0, 0.1) is 11.8 Å². The maximum Gasteiger partial charge on any atom is 0.251 e. The summed E-state index contributed by atoms with van der Waals surface area (Å²) in [7, 11) is 4.02.